The molecule has 0 fully saturated rings. The molecule has 7 heteroatoms. The Morgan fingerprint density at radius 1 is 1.20 bits per heavy atom. The highest BCUT2D eigenvalue weighted by atomic mass is 35.5. The van der Waals surface area contributed by atoms with Crippen LogP contribution < -0.4 is 5.32 Å². The molecule has 1 aromatic heterocycles. The van der Waals surface area contributed by atoms with Gasteiger partial charge in [0, 0.05) is 12.1 Å². The summed E-state index contributed by atoms with van der Waals surface area (Å²) in [6, 6.07) is 5.40. The third-order valence-corrected chi connectivity index (χ3v) is 3.17. The fourth-order valence-electron chi connectivity index (χ4n) is 1.74. The van der Waals surface area contributed by atoms with Crippen molar-refractivity contribution in [1.82, 2.24) is 9.97 Å². The smallest absolute Gasteiger partial charge is 0.366 e. The van der Waals surface area contributed by atoms with Crippen LogP contribution in [0.5, 0.6) is 0 Å². The van der Waals surface area contributed by atoms with Gasteiger partial charge < -0.3 is 5.32 Å². The first-order valence-corrected chi connectivity index (χ1v) is 6.13. The van der Waals surface area contributed by atoms with Crippen molar-refractivity contribution in [2.45, 2.75) is 19.6 Å². The molecule has 1 aromatic carbocycles. The Labute approximate surface area is 118 Å². The Hall–Kier alpha value is -1.82. The number of anilines is 1. The summed E-state index contributed by atoms with van der Waals surface area (Å²) in [5.41, 5.74) is 0.0816. The van der Waals surface area contributed by atoms with Crippen LogP contribution in [0.2, 0.25) is 5.15 Å². The molecule has 2 aromatic rings. The first-order chi connectivity index (χ1) is 9.39. The van der Waals surface area contributed by atoms with Gasteiger partial charge in [0.2, 0.25) is 0 Å². The van der Waals surface area contributed by atoms with Crippen LogP contribution in [0.15, 0.2) is 30.6 Å². The Bertz CT molecular complexity index is 614. The van der Waals surface area contributed by atoms with E-state index in [0.717, 1.165) is 6.07 Å². The van der Waals surface area contributed by atoms with Gasteiger partial charge in [0.15, 0.2) is 0 Å². The van der Waals surface area contributed by atoms with E-state index in [9.17, 15) is 13.2 Å². The zero-order valence-electron chi connectivity index (χ0n) is 10.5. The molecule has 0 bridgehead atoms. The van der Waals surface area contributed by atoms with Crippen molar-refractivity contribution >= 4 is 17.4 Å². The highest BCUT2D eigenvalue weighted by Gasteiger charge is 2.32. The van der Waals surface area contributed by atoms with E-state index in [2.05, 4.69) is 15.3 Å². The van der Waals surface area contributed by atoms with Crippen LogP contribution >= 0.6 is 11.6 Å². The predicted molar refractivity (Wildman–Crippen MR) is 70.5 cm³/mol. The summed E-state index contributed by atoms with van der Waals surface area (Å²) in [4.78, 5) is 7.74. The molecule has 0 unspecified atom stereocenters. The highest BCUT2D eigenvalue weighted by Crippen LogP contribution is 2.32. The minimum Gasteiger partial charge on any atom is -0.366 e. The summed E-state index contributed by atoms with van der Waals surface area (Å²) in [5.74, 6) is 0.418. The number of hydrogen-bond acceptors (Lipinski definition) is 3. The van der Waals surface area contributed by atoms with Crippen molar-refractivity contribution in [3.63, 3.8) is 0 Å². The lowest BCUT2D eigenvalue weighted by molar-refractivity contribution is -0.138. The Morgan fingerprint density at radius 3 is 2.60 bits per heavy atom. The van der Waals surface area contributed by atoms with Gasteiger partial charge in [0.25, 0.3) is 0 Å². The monoisotopic (exact) mass is 301 g/mol. The van der Waals surface area contributed by atoms with Crippen LogP contribution in [0.25, 0.3) is 0 Å². The van der Waals surface area contributed by atoms with Gasteiger partial charge in [-0.3, -0.25) is 0 Å². The molecule has 0 aliphatic heterocycles. The quantitative estimate of drug-likeness (QED) is 0.868. The highest BCUT2D eigenvalue weighted by molar-refractivity contribution is 6.30. The molecule has 1 heterocycles. The summed E-state index contributed by atoms with van der Waals surface area (Å²) >= 11 is 5.83. The zero-order valence-corrected chi connectivity index (χ0v) is 11.3. The second kappa shape index (κ2) is 5.66. The van der Waals surface area contributed by atoms with Crippen LogP contribution in [0.3, 0.4) is 0 Å². The van der Waals surface area contributed by atoms with E-state index in [4.69, 9.17) is 11.6 Å². The first-order valence-electron chi connectivity index (χ1n) is 5.75. The van der Waals surface area contributed by atoms with Gasteiger partial charge >= 0.3 is 6.18 Å². The number of aromatic nitrogens is 2. The maximum Gasteiger partial charge on any atom is 0.416 e. The molecule has 1 N–H and O–H groups in total. The number of nitrogens with zero attached hydrogens (tertiary/aromatic N) is 2. The van der Waals surface area contributed by atoms with Crippen molar-refractivity contribution in [3.8, 4) is 0 Å². The molecular weight excluding hydrogens is 291 g/mol. The Morgan fingerprint density at radius 2 is 1.90 bits per heavy atom. The molecule has 0 radical (unpaired) electrons. The normalized spacial score (nSPS) is 11.4. The van der Waals surface area contributed by atoms with Crippen molar-refractivity contribution < 1.29 is 13.2 Å². The predicted octanol–water partition coefficient (Wildman–Crippen LogP) is 4.07. The number of rotatable bonds is 3. The molecule has 0 saturated carbocycles. The SMILES string of the molecule is Cc1c(Cl)ncnc1NCc1ccccc1C(F)(F)F. The van der Waals surface area contributed by atoms with Crippen molar-refractivity contribution in [2.75, 3.05) is 5.32 Å². The number of nitrogens with one attached hydrogen (secondary N) is 1. The van der Waals surface area contributed by atoms with Gasteiger partial charge in [-0.05, 0) is 18.6 Å². The fraction of sp³-hybridized carbons (Fsp3) is 0.231. The van der Waals surface area contributed by atoms with Crippen molar-refractivity contribution in [2.24, 2.45) is 0 Å². The van der Waals surface area contributed by atoms with Crippen molar-refractivity contribution in [3.05, 3.63) is 52.4 Å². The lowest BCUT2D eigenvalue weighted by Crippen LogP contribution is -2.12. The van der Waals surface area contributed by atoms with Crippen LogP contribution in [-0.2, 0) is 12.7 Å². The standard InChI is InChI=1S/C13H11ClF3N3/c1-8-11(14)19-7-20-12(8)18-6-9-4-2-3-5-10(9)13(15,16)17/h2-5,7H,6H2,1H3,(H,18,19,20). The van der Waals surface area contributed by atoms with Crippen LogP contribution in [0, 0.1) is 6.92 Å². The second-order valence-electron chi connectivity index (χ2n) is 4.15. The molecule has 0 aliphatic rings. The number of halogens is 4. The molecule has 0 aliphatic carbocycles. The lowest BCUT2D eigenvalue weighted by atomic mass is 10.1. The topological polar surface area (TPSA) is 37.8 Å². The average Bonchev–Trinajstić information content (AvgIpc) is 2.40. The fourth-order valence-corrected chi connectivity index (χ4v) is 1.87. The number of hydrogen-bond donors (Lipinski definition) is 1. The summed E-state index contributed by atoms with van der Waals surface area (Å²) < 4.78 is 38.5. The van der Waals surface area contributed by atoms with E-state index in [-0.39, 0.29) is 17.3 Å². The molecule has 0 amide bonds. The maximum absolute atomic E-state index is 12.8. The van der Waals surface area contributed by atoms with E-state index >= 15 is 0 Å². The Balaban J connectivity index is 2.22. The average molecular weight is 302 g/mol. The lowest BCUT2D eigenvalue weighted by Gasteiger charge is -2.14. The van der Waals surface area contributed by atoms with Crippen molar-refractivity contribution in [1.29, 1.82) is 0 Å². The molecule has 0 saturated heterocycles. The van der Waals surface area contributed by atoms with Gasteiger partial charge in [-0.25, -0.2) is 9.97 Å². The van der Waals surface area contributed by atoms with Crippen LogP contribution in [0.1, 0.15) is 16.7 Å². The van der Waals surface area contributed by atoms with Crippen LogP contribution in [0.4, 0.5) is 19.0 Å². The van der Waals surface area contributed by atoms with Gasteiger partial charge in [-0.1, -0.05) is 29.8 Å². The summed E-state index contributed by atoms with van der Waals surface area (Å²) in [7, 11) is 0. The molecule has 106 valence electrons. The molecule has 3 nitrogen and oxygen atoms in total. The summed E-state index contributed by atoms with van der Waals surface area (Å²) in [5, 5.41) is 3.12. The van der Waals surface area contributed by atoms with Gasteiger partial charge in [0.1, 0.15) is 17.3 Å². The third-order valence-electron chi connectivity index (χ3n) is 2.79. The molecular formula is C13H11ClF3N3. The van der Waals surface area contributed by atoms with Crippen LogP contribution in [-0.4, -0.2) is 9.97 Å². The zero-order chi connectivity index (χ0) is 14.8. The number of benzene rings is 1. The van der Waals surface area contributed by atoms with E-state index in [0.29, 0.717) is 11.4 Å². The Kier molecular flexibility index (Phi) is 4.13. The van der Waals surface area contributed by atoms with E-state index < -0.39 is 11.7 Å². The van der Waals surface area contributed by atoms with E-state index in [1.165, 1.54) is 18.5 Å². The molecule has 0 atom stereocenters. The van der Waals surface area contributed by atoms with Gasteiger partial charge in [-0.15, -0.1) is 0 Å². The molecule has 20 heavy (non-hydrogen) atoms. The summed E-state index contributed by atoms with van der Waals surface area (Å²) in [6.45, 7) is 1.70. The summed E-state index contributed by atoms with van der Waals surface area (Å²) in [6.07, 6.45) is -3.12. The first kappa shape index (κ1) is 14.6. The minimum atomic E-state index is -4.38. The minimum absolute atomic E-state index is 0.00383. The molecule has 2 rings (SSSR count). The van der Waals surface area contributed by atoms with E-state index in [1.54, 1.807) is 13.0 Å². The van der Waals surface area contributed by atoms with E-state index in [1.807, 2.05) is 0 Å². The largest absolute Gasteiger partial charge is 0.416 e. The molecule has 0 spiro atoms. The third kappa shape index (κ3) is 3.19. The second-order valence-corrected chi connectivity index (χ2v) is 4.50. The maximum atomic E-state index is 12.8. The van der Waals surface area contributed by atoms with Gasteiger partial charge in [-0.2, -0.15) is 13.2 Å². The van der Waals surface area contributed by atoms with Gasteiger partial charge in [0.05, 0.1) is 5.56 Å². The number of alkyl halides is 3.